The minimum Gasteiger partial charge on any atom is -0.497 e. The number of H-pyrrole nitrogens is 1. The molecule has 298 valence electrons. The predicted octanol–water partition coefficient (Wildman–Crippen LogP) is 8.44. The summed E-state index contributed by atoms with van der Waals surface area (Å²) in [6.07, 6.45) is 12.3. The second-order valence-electron chi connectivity index (χ2n) is 18.4. The van der Waals surface area contributed by atoms with E-state index in [2.05, 4.69) is 89.8 Å². The molecule has 2 aromatic carbocycles. The van der Waals surface area contributed by atoms with E-state index in [0.717, 1.165) is 82.0 Å². The first-order chi connectivity index (χ1) is 26.9. The number of hydrogen-bond acceptors (Lipinski definition) is 9. The Kier molecular flexibility index (Phi) is 9.77. The average molecular weight is 762 g/mol. The highest BCUT2D eigenvalue weighted by Crippen LogP contribution is 2.49. The van der Waals surface area contributed by atoms with Crippen molar-refractivity contribution in [2.75, 3.05) is 32.6 Å². The topological polar surface area (TPSA) is 112 Å². The van der Waals surface area contributed by atoms with Crippen LogP contribution in [0.15, 0.2) is 55.0 Å². The van der Waals surface area contributed by atoms with Gasteiger partial charge in [0.05, 0.1) is 42.8 Å². The standard InChI is InChI=1S/C45H59N7O4/c1-44(2,3)31-12-14-35-36(21-31)50-39(49-35)15-10-28-18-32(19-28)51(24-27-8-9-27)25-30-20-37(41-40(30)55-45(4,5)56-41)52-17-16-34-42(47-26-48-43(34)52)46-23-29-11-13-33(53-6)22-38(29)54-7/h11-14,16-17,21-22,26-28,30,32,37,40-41H,8-10,15,18-20,23-25H2,1-7H3,(H,49,50)(H,46,47,48)/t28?,30-,32?,37-,40-,41+/m1/s1. The molecule has 56 heavy (non-hydrogen) atoms. The number of ether oxygens (including phenoxy) is 4. The number of hydrogen-bond donors (Lipinski definition) is 2. The normalized spacial score (nSPS) is 25.9. The minimum atomic E-state index is -0.623. The first kappa shape index (κ1) is 37.4. The quantitative estimate of drug-likeness (QED) is 0.115. The number of aromatic nitrogens is 5. The second kappa shape index (κ2) is 14.6. The van der Waals surface area contributed by atoms with E-state index >= 15 is 0 Å². The summed E-state index contributed by atoms with van der Waals surface area (Å²) in [5.41, 5.74) is 5.64. The largest absolute Gasteiger partial charge is 0.497 e. The van der Waals surface area contributed by atoms with Gasteiger partial charge in [0.25, 0.3) is 0 Å². The molecular formula is C45H59N7O4. The fourth-order valence-electron chi connectivity index (χ4n) is 9.59. The highest BCUT2D eigenvalue weighted by Gasteiger charge is 2.55. The van der Waals surface area contributed by atoms with Crippen LogP contribution in [0, 0.1) is 17.8 Å². The summed E-state index contributed by atoms with van der Waals surface area (Å²) in [5.74, 6) is 4.78. The van der Waals surface area contributed by atoms with E-state index < -0.39 is 5.79 Å². The SMILES string of the molecule is COc1ccc(CNc2ncnc3c2ccn3[C@@H]2C[C@H](CN(CC3CC3)C3CC(CCc4nc5ccc(C(C)(C)C)cc5[nH]4)C3)[C@H]3OC(C)(C)O[C@H]32)c(OC)c1. The van der Waals surface area contributed by atoms with Gasteiger partial charge < -0.3 is 33.8 Å². The van der Waals surface area contributed by atoms with E-state index in [0.29, 0.717) is 18.5 Å². The molecule has 4 heterocycles. The lowest BCUT2D eigenvalue weighted by molar-refractivity contribution is -0.161. The lowest BCUT2D eigenvalue weighted by Crippen LogP contribution is -2.48. The third-order valence-corrected chi connectivity index (χ3v) is 12.9. The first-order valence-electron chi connectivity index (χ1n) is 20.8. The highest BCUT2D eigenvalue weighted by molar-refractivity contribution is 5.87. The molecule has 3 saturated carbocycles. The van der Waals surface area contributed by atoms with Crippen LogP contribution in [0.3, 0.4) is 0 Å². The van der Waals surface area contributed by atoms with Crippen LogP contribution in [0.1, 0.15) is 96.1 Å². The molecule has 1 aliphatic heterocycles. The molecule has 0 amide bonds. The number of nitrogens with one attached hydrogen (secondary N) is 2. The van der Waals surface area contributed by atoms with Gasteiger partial charge in [0.15, 0.2) is 5.79 Å². The van der Waals surface area contributed by atoms with Crippen molar-refractivity contribution in [1.29, 1.82) is 0 Å². The molecule has 4 aliphatic rings. The van der Waals surface area contributed by atoms with Crippen LogP contribution in [0.5, 0.6) is 11.5 Å². The van der Waals surface area contributed by atoms with Gasteiger partial charge in [-0.3, -0.25) is 4.90 Å². The maximum atomic E-state index is 6.75. The van der Waals surface area contributed by atoms with E-state index in [9.17, 15) is 0 Å². The molecule has 9 rings (SSSR count). The molecule has 0 bridgehead atoms. The van der Waals surface area contributed by atoms with Gasteiger partial charge in [0.1, 0.15) is 41.2 Å². The number of imidazole rings is 1. The Morgan fingerprint density at radius 2 is 1.77 bits per heavy atom. The third-order valence-electron chi connectivity index (χ3n) is 12.9. The van der Waals surface area contributed by atoms with Gasteiger partial charge in [-0.2, -0.15) is 0 Å². The Labute approximate surface area is 330 Å². The van der Waals surface area contributed by atoms with Crippen LogP contribution in [-0.2, 0) is 27.9 Å². The fourth-order valence-corrected chi connectivity index (χ4v) is 9.59. The minimum absolute atomic E-state index is 0.0406. The summed E-state index contributed by atoms with van der Waals surface area (Å²) in [6, 6.07) is 15.4. The molecule has 2 N–H and O–H groups in total. The first-order valence-corrected chi connectivity index (χ1v) is 20.8. The Morgan fingerprint density at radius 1 is 0.946 bits per heavy atom. The molecule has 11 heteroatoms. The Hall–Kier alpha value is -4.19. The molecule has 3 aliphatic carbocycles. The molecule has 0 spiro atoms. The van der Waals surface area contributed by atoms with Gasteiger partial charge in [-0.15, -0.1) is 0 Å². The summed E-state index contributed by atoms with van der Waals surface area (Å²) >= 11 is 0. The van der Waals surface area contributed by atoms with Crippen molar-refractivity contribution in [1.82, 2.24) is 29.4 Å². The molecule has 3 aromatic heterocycles. The zero-order chi connectivity index (χ0) is 38.8. The molecule has 11 nitrogen and oxygen atoms in total. The lowest BCUT2D eigenvalue weighted by atomic mass is 9.76. The molecular weight excluding hydrogens is 703 g/mol. The molecule has 0 unspecified atom stereocenters. The van der Waals surface area contributed by atoms with Crippen LogP contribution < -0.4 is 14.8 Å². The van der Waals surface area contributed by atoms with Crippen molar-refractivity contribution in [3.8, 4) is 11.5 Å². The number of anilines is 1. The number of nitrogens with zero attached hydrogens (tertiary/aromatic N) is 5. The molecule has 4 fully saturated rings. The van der Waals surface area contributed by atoms with Crippen molar-refractivity contribution in [2.24, 2.45) is 17.8 Å². The van der Waals surface area contributed by atoms with Crippen molar-refractivity contribution in [3.63, 3.8) is 0 Å². The van der Waals surface area contributed by atoms with Crippen molar-refractivity contribution < 1.29 is 18.9 Å². The van der Waals surface area contributed by atoms with Gasteiger partial charge in [0.2, 0.25) is 0 Å². The van der Waals surface area contributed by atoms with E-state index in [1.807, 2.05) is 18.2 Å². The van der Waals surface area contributed by atoms with Gasteiger partial charge >= 0.3 is 0 Å². The zero-order valence-corrected chi connectivity index (χ0v) is 34.2. The summed E-state index contributed by atoms with van der Waals surface area (Å²) in [4.78, 5) is 20.9. The predicted molar refractivity (Wildman–Crippen MR) is 219 cm³/mol. The van der Waals surface area contributed by atoms with Crippen LogP contribution >= 0.6 is 0 Å². The van der Waals surface area contributed by atoms with E-state index in [-0.39, 0.29) is 23.7 Å². The van der Waals surface area contributed by atoms with Crippen molar-refractivity contribution >= 4 is 27.9 Å². The fraction of sp³-hybridized carbons (Fsp3) is 0.578. The number of aryl methyl sites for hydroxylation is 1. The van der Waals surface area contributed by atoms with Crippen LogP contribution in [0.4, 0.5) is 5.82 Å². The van der Waals surface area contributed by atoms with Crippen LogP contribution in [-0.4, -0.2) is 80.7 Å². The van der Waals surface area contributed by atoms with Crippen LogP contribution in [0.25, 0.3) is 22.1 Å². The number of rotatable bonds is 14. The molecule has 4 atom stereocenters. The third kappa shape index (κ3) is 7.50. The van der Waals surface area contributed by atoms with Crippen LogP contribution in [0.2, 0.25) is 0 Å². The van der Waals surface area contributed by atoms with Gasteiger partial charge in [-0.1, -0.05) is 26.8 Å². The summed E-state index contributed by atoms with van der Waals surface area (Å²) in [7, 11) is 3.34. The van der Waals surface area contributed by atoms with Gasteiger partial charge in [0, 0.05) is 55.8 Å². The van der Waals surface area contributed by atoms with Gasteiger partial charge in [-0.05, 0) is 106 Å². The maximum absolute atomic E-state index is 6.75. The lowest BCUT2D eigenvalue weighted by Gasteiger charge is -2.44. The number of methoxy groups -OCH3 is 2. The average Bonchev–Trinajstić information content (AvgIpc) is 3.43. The van der Waals surface area contributed by atoms with Crippen molar-refractivity contribution in [3.05, 3.63) is 71.9 Å². The Morgan fingerprint density at radius 3 is 2.54 bits per heavy atom. The Bertz CT molecular complexity index is 2180. The molecule has 0 radical (unpaired) electrons. The van der Waals surface area contributed by atoms with Gasteiger partial charge in [-0.25, -0.2) is 15.0 Å². The summed E-state index contributed by atoms with van der Waals surface area (Å²) < 4.78 is 26.8. The Balaban J connectivity index is 0.872. The van der Waals surface area contributed by atoms with E-state index in [1.54, 1.807) is 20.5 Å². The van der Waals surface area contributed by atoms with E-state index in [4.69, 9.17) is 28.9 Å². The van der Waals surface area contributed by atoms with Crippen molar-refractivity contribution in [2.45, 2.75) is 122 Å². The molecule has 1 saturated heterocycles. The highest BCUT2D eigenvalue weighted by atomic mass is 16.8. The number of fused-ring (bicyclic) bond motifs is 3. The summed E-state index contributed by atoms with van der Waals surface area (Å²) in [5, 5.41) is 4.54. The summed E-state index contributed by atoms with van der Waals surface area (Å²) in [6.45, 7) is 13.7. The number of aromatic amines is 1. The number of benzene rings is 2. The second-order valence-corrected chi connectivity index (χ2v) is 18.4. The molecule has 5 aromatic rings. The van der Waals surface area contributed by atoms with E-state index in [1.165, 1.54) is 44.2 Å². The monoisotopic (exact) mass is 761 g/mol. The maximum Gasteiger partial charge on any atom is 0.163 e. The smallest absolute Gasteiger partial charge is 0.163 e. The zero-order valence-electron chi connectivity index (χ0n) is 34.2.